The quantitative estimate of drug-likeness (QED) is 0.754. The first kappa shape index (κ1) is 19.2. The molecule has 25 heavy (non-hydrogen) atoms. The Labute approximate surface area is 155 Å². The fraction of sp³-hybridized carbons (Fsp3) is 0.125. The first-order chi connectivity index (χ1) is 11.8. The number of halogens is 2. The van der Waals surface area contributed by atoms with E-state index in [4.69, 9.17) is 33.2 Å². The van der Waals surface area contributed by atoms with Crippen molar-refractivity contribution in [3.63, 3.8) is 0 Å². The van der Waals surface area contributed by atoms with Crippen molar-refractivity contribution in [2.24, 2.45) is 0 Å². The van der Waals surface area contributed by atoms with E-state index in [1.807, 2.05) is 6.07 Å². The summed E-state index contributed by atoms with van der Waals surface area (Å²) in [5, 5.41) is 9.02. The molecule has 0 fully saturated rings. The molecule has 130 valence electrons. The van der Waals surface area contributed by atoms with Crippen LogP contribution in [-0.2, 0) is 26.2 Å². The number of hydrogen-bond donors (Lipinski definition) is 1. The van der Waals surface area contributed by atoms with Crippen molar-refractivity contribution in [3.05, 3.63) is 63.6 Å². The topological polar surface area (TPSA) is 96.3 Å². The second-order valence-electron chi connectivity index (χ2n) is 4.87. The lowest BCUT2D eigenvalue weighted by atomic mass is 10.2. The lowest BCUT2D eigenvalue weighted by Gasteiger charge is -2.08. The van der Waals surface area contributed by atoms with E-state index < -0.39 is 22.5 Å². The van der Waals surface area contributed by atoms with Crippen LogP contribution in [0.2, 0.25) is 10.0 Å². The summed E-state index contributed by atoms with van der Waals surface area (Å²) in [5.41, 5.74) is 1.17. The molecule has 0 atom stereocenters. The van der Waals surface area contributed by atoms with Crippen LogP contribution in [0, 0.1) is 11.3 Å². The van der Waals surface area contributed by atoms with Crippen LogP contribution < -0.4 is 4.72 Å². The number of ether oxygens (including phenoxy) is 1. The standard InChI is InChI=1S/C16H12Cl2N2O4S/c17-14-6-5-13(7-15(14)18)25(22,23)20-9-16(21)24-10-12-3-1-11(8-19)2-4-12/h1-7,20H,9-10H2. The molecule has 0 aliphatic carbocycles. The second-order valence-corrected chi connectivity index (χ2v) is 7.45. The summed E-state index contributed by atoms with van der Waals surface area (Å²) in [6.45, 7) is -0.558. The van der Waals surface area contributed by atoms with E-state index in [1.54, 1.807) is 24.3 Å². The van der Waals surface area contributed by atoms with Gasteiger partial charge in [0.05, 0.1) is 26.6 Å². The van der Waals surface area contributed by atoms with Gasteiger partial charge in [-0.1, -0.05) is 35.3 Å². The largest absolute Gasteiger partial charge is 0.460 e. The Hall–Kier alpha value is -2.11. The summed E-state index contributed by atoms with van der Waals surface area (Å²) in [6.07, 6.45) is 0. The van der Waals surface area contributed by atoms with Gasteiger partial charge in [-0.25, -0.2) is 8.42 Å². The monoisotopic (exact) mass is 398 g/mol. The van der Waals surface area contributed by atoms with Crippen molar-refractivity contribution in [2.45, 2.75) is 11.5 Å². The Bertz CT molecular complexity index is 922. The lowest BCUT2D eigenvalue weighted by molar-refractivity contribution is -0.143. The Morgan fingerprint density at radius 2 is 1.80 bits per heavy atom. The highest BCUT2D eigenvalue weighted by Crippen LogP contribution is 2.24. The van der Waals surface area contributed by atoms with Crippen LogP contribution in [0.25, 0.3) is 0 Å². The van der Waals surface area contributed by atoms with Gasteiger partial charge in [0.15, 0.2) is 0 Å². The highest BCUT2D eigenvalue weighted by atomic mass is 35.5. The molecule has 0 heterocycles. The van der Waals surface area contributed by atoms with Crippen molar-refractivity contribution in [2.75, 3.05) is 6.54 Å². The minimum absolute atomic E-state index is 0.0287. The van der Waals surface area contributed by atoms with Gasteiger partial charge in [0, 0.05) is 0 Å². The lowest BCUT2D eigenvalue weighted by Crippen LogP contribution is -2.30. The van der Waals surface area contributed by atoms with Gasteiger partial charge in [-0.2, -0.15) is 9.98 Å². The zero-order chi connectivity index (χ0) is 18.4. The first-order valence-corrected chi connectivity index (χ1v) is 9.15. The normalized spacial score (nSPS) is 10.9. The van der Waals surface area contributed by atoms with Gasteiger partial charge >= 0.3 is 5.97 Å². The molecule has 0 aliphatic heterocycles. The maximum Gasteiger partial charge on any atom is 0.321 e. The third-order valence-electron chi connectivity index (χ3n) is 3.09. The number of sulfonamides is 1. The summed E-state index contributed by atoms with van der Waals surface area (Å²) in [5.74, 6) is -0.743. The molecule has 0 amide bonds. The van der Waals surface area contributed by atoms with E-state index >= 15 is 0 Å². The number of benzene rings is 2. The van der Waals surface area contributed by atoms with Crippen LogP contribution in [0.1, 0.15) is 11.1 Å². The van der Waals surface area contributed by atoms with E-state index in [2.05, 4.69) is 4.72 Å². The predicted molar refractivity (Wildman–Crippen MR) is 92.6 cm³/mol. The zero-order valence-corrected chi connectivity index (χ0v) is 15.0. The van der Waals surface area contributed by atoms with Crippen molar-refractivity contribution in [1.82, 2.24) is 4.72 Å². The molecule has 2 aromatic carbocycles. The van der Waals surface area contributed by atoms with E-state index in [0.717, 1.165) is 0 Å². The molecular formula is C16H12Cl2N2O4S. The molecule has 0 saturated heterocycles. The zero-order valence-electron chi connectivity index (χ0n) is 12.7. The summed E-state index contributed by atoms with van der Waals surface area (Å²) in [7, 11) is -3.92. The van der Waals surface area contributed by atoms with Crippen molar-refractivity contribution in [3.8, 4) is 6.07 Å². The molecular weight excluding hydrogens is 387 g/mol. The number of carbonyl (C=O) groups excluding carboxylic acids is 1. The average molecular weight is 399 g/mol. The maximum atomic E-state index is 12.1. The molecule has 0 radical (unpaired) electrons. The number of nitrogens with one attached hydrogen (secondary N) is 1. The van der Waals surface area contributed by atoms with Crippen LogP contribution in [0.5, 0.6) is 0 Å². The summed E-state index contributed by atoms with van der Waals surface area (Å²) >= 11 is 11.5. The summed E-state index contributed by atoms with van der Waals surface area (Å²) in [4.78, 5) is 11.6. The highest BCUT2D eigenvalue weighted by molar-refractivity contribution is 7.89. The molecule has 6 nitrogen and oxygen atoms in total. The van der Waals surface area contributed by atoms with Crippen LogP contribution in [0.4, 0.5) is 0 Å². The van der Waals surface area contributed by atoms with Crippen LogP contribution in [0.15, 0.2) is 47.4 Å². The Balaban J connectivity index is 1.89. The van der Waals surface area contributed by atoms with Crippen molar-refractivity contribution < 1.29 is 17.9 Å². The first-order valence-electron chi connectivity index (χ1n) is 6.91. The molecule has 0 bridgehead atoms. The fourth-order valence-electron chi connectivity index (χ4n) is 1.77. The maximum absolute atomic E-state index is 12.1. The summed E-state index contributed by atoms with van der Waals surface area (Å²) in [6, 6.07) is 12.3. The SMILES string of the molecule is N#Cc1ccc(COC(=O)CNS(=O)(=O)c2ccc(Cl)c(Cl)c2)cc1. The average Bonchev–Trinajstić information content (AvgIpc) is 2.61. The van der Waals surface area contributed by atoms with E-state index in [0.29, 0.717) is 11.1 Å². The molecule has 0 aromatic heterocycles. The Kier molecular flexibility index (Phi) is 6.39. The number of esters is 1. The van der Waals surface area contributed by atoms with E-state index in [9.17, 15) is 13.2 Å². The second kappa shape index (κ2) is 8.32. The molecule has 0 spiro atoms. The summed E-state index contributed by atoms with van der Waals surface area (Å²) < 4.78 is 31.3. The van der Waals surface area contributed by atoms with Gasteiger partial charge in [0.1, 0.15) is 13.2 Å². The van der Waals surface area contributed by atoms with Crippen molar-refractivity contribution >= 4 is 39.2 Å². The fourth-order valence-corrected chi connectivity index (χ4v) is 3.13. The highest BCUT2D eigenvalue weighted by Gasteiger charge is 2.17. The number of nitrogens with zero attached hydrogens (tertiary/aromatic N) is 1. The number of hydrogen-bond acceptors (Lipinski definition) is 5. The Morgan fingerprint density at radius 1 is 1.12 bits per heavy atom. The molecule has 2 rings (SSSR count). The Morgan fingerprint density at radius 3 is 2.40 bits per heavy atom. The minimum atomic E-state index is -3.92. The van der Waals surface area contributed by atoms with Gasteiger partial charge in [0.25, 0.3) is 0 Å². The van der Waals surface area contributed by atoms with Gasteiger partial charge < -0.3 is 4.74 Å². The molecule has 2 aromatic rings. The number of carbonyl (C=O) groups is 1. The number of nitriles is 1. The third-order valence-corrected chi connectivity index (χ3v) is 5.23. The van der Waals surface area contributed by atoms with Crippen LogP contribution in [-0.4, -0.2) is 20.9 Å². The molecule has 1 N–H and O–H groups in total. The van der Waals surface area contributed by atoms with E-state index in [1.165, 1.54) is 18.2 Å². The third kappa shape index (κ3) is 5.44. The van der Waals surface area contributed by atoms with E-state index in [-0.39, 0.29) is 21.5 Å². The van der Waals surface area contributed by atoms with Crippen LogP contribution >= 0.6 is 23.2 Å². The van der Waals surface area contributed by atoms with Crippen molar-refractivity contribution in [1.29, 1.82) is 5.26 Å². The van der Waals surface area contributed by atoms with Gasteiger partial charge in [-0.15, -0.1) is 0 Å². The van der Waals surface area contributed by atoms with Crippen LogP contribution in [0.3, 0.4) is 0 Å². The number of rotatable bonds is 6. The van der Waals surface area contributed by atoms with Gasteiger partial charge in [-0.05, 0) is 35.9 Å². The molecule has 0 saturated carbocycles. The molecule has 0 aliphatic rings. The predicted octanol–water partition coefficient (Wildman–Crippen LogP) is 2.89. The molecule has 9 heteroatoms. The minimum Gasteiger partial charge on any atom is -0.460 e. The van der Waals surface area contributed by atoms with Gasteiger partial charge in [0.2, 0.25) is 10.0 Å². The van der Waals surface area contributed by atoms with Gasteiger partial charge in [-0.3, -0.25) is 4.79 Å². The smallest absolute Gasteiger partial charge is 0.321 e. The molecule has 0 unspecified atom stereocenters.